The fourth-order valence-corrected chi connectivity index (χ4v) is 1.52. The first kappa shape index (κ1) is 16.3. The molecule has 0 aliphatic rings. The number of carbonyl (C=O) groups is 1. The van der Waals surface area contributed by atoms with Crippen LogP contribution in [0.1, 0.15) is 23.8 Å². The predicted molar refractivity (Wildman–Crippen MR) is 70.2 cm³/mol. The van der Waals surface area contributed by atoms with Crippen molar-refractivity contribution < 1.29 is 20.1 Å². The van der Waals surface area contributed by atoms with Crippen LogP contribution in [-0.4, -0.2) is 56.4 Å². The molecule has 8 nitrogen and oxygen atoms in total. The summed E-state index contributed by atoms with van der Waals surface area (Å²) in [5.74, 6) is -0.688. The van der Waals surface area contributed by atoms with E-state index in [1.807, 2.05) is 6.92 Å². The van der Waals surface area contributed by atoms with Gasteiger partial charge in [0.25, 0.3) is 11.5 Å². The highest BCUT2D eigenvalue weighted by atomic mass is 16.3. The molecule has 4 N–H and O–H groups in total. The second-order valence-corrected chi connectivity index (χ2v) is 4.49. The highest BCUT2D eigenvalue weighted by Crippen LogP contribution is 2.03. The van der Waals surface area contributed by atoms with Crippen LogP contribution in [0.25, 0.3) is 0 Å². The maximum absolute atomic E-state index is 12.0. The minimum Gasteiger partial charge on any atom is -0.394 e. The number of nitrogens with one attached hydrogen (secondary N) is 1. The number of hydrogen-bond acceptors (Lipinski definition) is 6. The third-order valence-electron chi connectivity index (χ3n) is 2.82. The van der Waals surface area contributed by atoms with Gasteiger partial charge in [-0.15, -0.1) is 0 Å². The Hall–Kier alpha value is -1.77. The highest BCUT2D eigenvalue weighted by Gasteiger charge is 2.30. The van der Waals surface area contributed by atoms with Gasteiger partial charge in [0.05, 0.1) is 19.8 Å². The SMILES string of the molecule is CCCn1nc(C(=O)NC(CO)(CO)CO)ccc1=O. The zero-order valence-electron chi connectivity index (χ0n) is 11.2. The Balaban J connectivity index is 2.98. The van der Waals surface area contributed by atoms with Gasteiger partial charge in [-0.3, -0.25) is 9.59 Å². The van der Waals surface area contributed by atoms with Gasteiger partial charge in [-0.1, -0.05) is 6.92 Å². The molecule has 0 unspecified atom stereocenters. The molecule has 0 fully saturated rings. The highest BCUT2D eigenvalue weighted by molar-refractivity contribution is 5.92. The summed E-state index contributed by atoms with van der Waals surface area (Å²) >= 11 is 0. The van der Waals surface area contributed by atoms with Gasteiger partial charge in [-0.2, -0.15) is 5.10 Å². The van der Waals surface area contributed by atoms with Crippen molar-refractivity contribution in [3.05, 3.63) is 28.2 Å². The van der Waals surface area contributed by atoms with Gasteiger partial charge in [0, 0.05) is 12.6 Å². The minimum absolute atomic E-state index is 0.0298. The van der Waals surface area contributed by atoms with Crippen LogP contribution in [0, 0.1) is 0 Å². The van der Waals surface area contributed by atoms with Crippen molar-refractivity contribution in [3.8, 4) is 0 Å². The van der Waals surface area contributed by atoms with Gasteiger partial charge in [-0.05, 0) is 12.5 Å². The topological polar surface area (TPSA) is 125 Å². The molecule has 1 heterocycles. The summed E-state index contributed by atoms with van der Waals surface area (Å²) in [6.45, 7) is 0.376. The van der Waals surface area contributed by atoms with Crippen LogP contribution in [0.5, 0.6) is 0 Å². The summed E-state index contributed by atoms with van der Waals surface area (Å²) in [5, 5.41) is 33.6. The van der Waals surface area contributed by atoms with Crippen LogP contribution in [0.2, 0.25) is 0 Å². The summed E-state index contributed by atoms with van der Waals surface area (Å²) in [6.07, 6.45) is 0.686. The molecule has 0 radical (unpaired) electrons. The van der Waals surface area contributed by atoms with Crippen LogP contribution in [0.4, 0.5) is 0 Å². The van der Waals surface area contributed by atoms with Crippen molar-refractivity contribution in [1.29, 1.82) is 0 Å². The zero-order valence-corrected chi connectivity index (χ0v) is 11.2. The third-order valence-corrected chi connectivity index (χ3v) is 2.82. The molecule has 0 bridgehead atoms. The summed E-state index contributed by atoms with van der Waals surface area (Å²) in [7, 11) is 0. The van der Waals surface area contributed by atoms with Crippen LogP contribution >= 0.6 is 0 Å². The lowest BCUT2D eigenvalue weighted by Crippen LogP contribution is -2.57. The maximum atomic E-state index is 12.0. The molecule has 0 saturated heterocycles. The minimum atomic E-state index is -1.52. The van der Waals surface area contributed by atoms with Crippen LogP contribution < -0.4 is 10.9 Å². The first-order valence-corrected chi connectivity index (χ1v) is 6.25. The van der Waals surface area contributed by atoms with Crippen LogP contribution in [-0.2, 0) is 6.54 Å². The molecule has 0 saturated carbocycles. The molecule has 0 aromatic carbocycles. The number of aliphatic hydroxyl groups is 3. The van der Waals surface area contributed by atoms with E-state index in [1.54, 1.807) is 0 Å². The number of aryl methyl sites for hydroxylation is 1. The van der Waals surface area contributed by atoms with Gasteiger partial charge in [0.15, 0.2) is 0 Å². The molecule has 112 valence electrons. The van der Waals surface area contributed by atoms with Crippen molar-refractivity contribution in [3.63, 3.8) is 0 Å². The zero-order chi connectivity index (χ0) is 15.2. The molecule has 0 spiro atoms. The van der Waals surface area contributed by atoms with Crippen molar-refractivity contribution in [2.75, 3.05) is 19.8 Å². The lowest BCUT2D eigenvalue weighted by Gasteiger charge is -2.28. The standard InChI is InChI=1S/C12H19N3O5/c1-2-5-15-10(19)4-3-9(14-15)11(20)13-12(6-16,7-17)8-18/h3-4,16-18H,2,5-8H2,1H3,(H,13,20). The number of aromatic nitrogens is 2. The second kappa shape index (κ2) is 7.13. The molecule has 8 heteroatoms. The summed E-state index contributed by atoms with van der Waals surface area (Å²) < 4.78 is 1.16. The monoisotopic (exact) mass is 285 g/mol. The number of carbonyl (C=O) groups excluding carboxylic acids is 1. The number of hydrogen-bond donors (Lipinski definition) is 4. The Morgan fingerprint density at radius 3 is 2.40 bits per heavy atom. The maximum Gasteiger partial charge on any atom is 0.272 e. The van der Waals surface area contributed by atoms with E-state index in [0.29, 0.717) is 13.0 Å². The first-order chi connectivity index (χ1) is 9.51. The Bertz CT molecular complexity index is 502. The van der Waals surface area contributed by atoms with E-state index in [-0.39, 0.29) is 11.3 Å². The summed E-state index contributed by atoms with van der Waals surface area (Å²) in [4.78, 5) is 23.5. The lowest BCUT2D eigenvalue weighted by atomic mass is 10.0. The van der Waals surface area contributed by atoms with Crippen molar-refractivity contribution in [1.82, 2.24) is 15.1 Å². The molecule has 0 aliphatic carbocycles. The summed E-state index contributed by atoms with van der Waals surface area (Å²) in [6, 6.07) is 2.47. The van der Waals surface area contributed by atoms with E-state index in [0.717, 1.165) is 4.68 Å². The smallest absolute Gasteiger partial charge is 0.272 e. The lowest BCUT2D eigenvalue weighted by molar-refractivity contribution is 0.0372. The Labute approximate surface area is 115 Å². The van der Waals surface area contributed by atoms with E-state index in [2.05, 4.69) is 10.4 Å². The van der Waals surface area contributed by atoms with Gasteiger partial charge in [0.2, 0.25) is 0 Å². The van der Waals surface area contributed by atoms with Crippen molar-refractivity contribution in [2.45, 2.75) is 25.4 Å². The molecular weight excluding hydrogens is 266 g/mol. The average molecular weight is 285 g/mol. The molecule has 1 rings (SSSR count). The first-order valence-electron chi connectivity index (χ1n) is 6.25. The van der Waals surface area contributed by atoms with Crippen LogP contribution in [0.15, 0.2) is 16.9 Å². The average Bonchev–Trinajstić information content (AvgIpc) is 2.47. The van der Waals surface area contributed by atoms with Gasteiger partial charge >= 0.3 is 0 Å². The van der Waals surface area contributed by atoms with E-state index in [4.69, 9.17) is 15.3 Å². The fourth-order valence-electron chi connectivity index (χ4n) is 1.52. The number of amides is 1. The van der Waals surface area contributed by atoms with Gasteiger partial charge < -0.3 is 20.6 Å². The fraction of sp³-hybridized carbons (Fsp3) is 0.583. The number of rotatable bonds is 7. The number of aliphatic hydroxyl groups excluding tert-OH is 3. The van der Waals surface area contributed by atoms with Gasteiger partial charge in [-0.25, -0.2) is 4.68 Å². The van der Waals surface area contributed by atoms with Crippen molar-refractivity contribution in [2.24, 2.45) is 0 Å². The Kier molecular flexibility index (Phi) is 5.81. The molecule has 1 aromatic rings. The second-order valence-electron chi connectivity index (χ2n) is 4.49. The van der Waals surface area contributed by atoms with Crippen LogP contribution in [0.3, 0.4) is 0 Å². The quantitative estimate of drug-likeness (QED) is 0.464. The number of nitrogens with zero attached hydrogens (tertiary/aromatic N) is 2. The molecular formula is C12H19N3O5. The normalized spacial score (nSPS) is 11.4. The molecule has 1 aromatic heterocycles. The van der Waals surface area contributed by atoms with E-state index in [1.165, 1.54) is 12.1 Å². The molecule has 0 aliphatic heterocycles. The van der Waals surface area contributed by atoms with E-state index < -0.39 is 31.3 Å². The molecule has 20 heavy (non-hydrogen) atoms. The Morgan fingerprint density at radius 1 is 1.30 bits per heavy atom. The van der Waals surface area contributed by atoms with E-state index >= 15 is 0 Å². The van der Waals surface area contributed by atoms with Crippen molar-refractivity contribution >= 4 is 5.91 Å². The van der Waals surface area contributed by atoms with Gasteiger partial charge in [0.1, 0.15) is 11.2 Å². The Morgan fingerprint density at radius 2 is 1.90 bits per heavy atom. The predicted octanol–water partition coefficient (Wildman–Crippen LogP) is -1.90. The summed E-state index contributed by atoms with van der Waals surface area (Å²) in [5.41, 5.74) is -1.87. The largest absolute Gasteiger partial charge is 0.394 e. The molecule has 0 atom stereocenters. The molecule has 1 amide bonds. The third kappa shape index (κ3) is 3.62. The van der Waals surface area contributed by atoms with E-state index in [9.17, 15) is 9.59 Å².